The van der Waals surface area contributed by atoms with Crippen molar-refractivity contribution in [1.82, 2.24) is 4.98 Å². The van der Waals surface area contributed by atoms with Crippen molar-refractivity contribution in [2.24, 2.45) is 0 Å². The van der Waals surface area contributed by atoms with Crippen molar-refractivity contribution in [1.29, 1.82) is 0 Å². The molecule has 3 heteroatoms. The number of nitrogens with zero attached hydrogens (tertiary/aromatic N) is 1. The van der Waals surface area contributed by atoms with E-state index in [2.05, 4.69) is 4.98 Å². The van der Waals surface area contributed by atoms with E-state index < -0.39 is 0 Å². The number of benzene rings is 1. The summed E-state index contributed by atoms with van der Waals surface area (Å²) in [7, 11) is 0. The van der Waals surface area contributed by atoms with Crippen LogP contribution in [-0.4, -0.2) is 10.1 Å². The van der Waals surface area contributed by atoms with Crippen LogP contribution < -0.4 is 0 Å². The van der Waals surface area contributed by atoms with E-state index in [0.29, 0.717) is 10.7 Å². The third kappa shape index (κ3) is 1.98. The van der Waals surface area contributed by atoms with E-state index in [1.807, 2.05) is 26.8 Å². The van der Waals surface area contributed by atoms with Gasteiger partial charge in [-0.05, 0) is 24.3 Å². The monoisotopic (exact) mass is 235 g/mol. The van der Waals surface area contributed by atoms with Gasteiger partial charge in [0.2, 0.25) is 0 Å². The second-order valence-corrected chi connectivity index (χ2v) is 5.38. The Labute approximate surface area is 99.9 Å². The quantitative estimate of drug-likeness (QED) is 0.752. The second-order valence-electron chi connectivity index (χ2n) is 4.94. The maximum Gasteiger partial charge on any atom is 0.138 e. The molecule has 0 amide bonds. The fraction of sp³-hybridized carbons (Fsp3) is 0.308. The molecule has 0 saturated carbocycles. The van der Waals surface area contributed by atoms with E-state index in [1.54, 1.807) is 18.2 Å². The van der Waals surface area contributed by atoms with Gasteiger partial charge in [0.15, 0.2) is 0 Å². The average molecular weight is 236 g/mol. The number of aromatic nitrogens is 1. The normalized spacial score (nSPS) is 12.0. The highest BCUT2D eigenvalue weighted by atomic mass is 35.5. The van der Waals surface area contributed by atoms with Gasteiger partial charge in [-0.1, -0.05) is 32.4 Å². The Morgan fingerprint density at radius 2 is 1.88 bits per heavy atom. The zero-order valence-electron chi connectivity index (χ0n) is 9.58. The molecule has 0 atom stereocenters. The van der Waals surface area contributed by atoms with Gasteiger partial charge in [-0.3, -0.25) is 0 Å². The minimum Gasteiger partial charge on any atom is -0.506 e. The number of hydrogen-bond acceptors (Lipinski definition) is 2. The van der Waals surface area contributed by atoms with Crippen LogP contribution in [0.4, 0.5) is 0 Å². The molecule has 0 radical (unpaired) electrons. The molecule has 2 rings (SSSR count). The van der Waals surface area contributed by atoms with Crippen molar-refractivity contribution in [2.75, 3.05) is 0 Å². The lowest BCUT2D eigenvalue weighted by atomic mass is 9.90. The summed E-state index contributed by atoms with van der Waals surface area (Å²) in [5.41, 5.74) is 1.40. The molecule has 0 aliphatic carbocycles. The van der Waals surface area contributed by atoms with Gasteiger partial charge in [0.05, 0.1) is 11.2 Å². The molecule has 84 valence electrons. The summed E-state index contributed by atoms with van der Waals surface area (Å²) in [4.78, 5) is 4.48. The van der Waals surface area contributed by atoms with Gasteiger partial charge in [-0.15, -0.1) is 0 Å². The number of aromatic hydroxyl groups is 1. The van der Waals surface area contributed by atoms with Gasteiger partial charge in [-0.25, -0.2) is 4.98 Å². The topological polar surface area (TPSA) is 33.1 Å². The predicted molar refractivity (Wildman–Crippen MR) is 67.1 cm³/mol. The molecular formula is C13H14ClNO. The van der Waals surface area contributed by atoms with Crippen LogP contribution in [0.15, 0.2) is 24.3 Å². The van der Waals surface area contributed by atoms with Crippen LogP contribution in [0.5, 0.6) is 5.75 Å². The van der Waals surface area contributed by atoms with Crippen molar-refractivity contribution in [3.8, 4) is 5.75 Å². The first-order chi connectivity index (χ1) is 7.38. The highest BCUT2D eigenvalue weighted by Gasteiger charge is 2.20. The molecule has 0 aliphatic heterocycles. The third-order valence-corrected chi connectivity index (χ3v) is 2.70. The lowest BCUT2D eigenvalue weighted by Crippen LogP contribution is -2.13. The first kappa shape index (κ1) is 11.2. The first-order valence-corrected chi connectivity index (χ1v) is 5.55. The second kappa shape index (κ2) is 3.63. The fourth-order valence-electron chi connectivity index (χ4n) is 1.69. The molecule has 0 aliphatic rings. The van der Waals surface area contributed by atoms with E-state index in [-0.39, 0.29) is 11.2 Å². The minimum absolute atomic E-state index is 0.169. The van der Waals surface area contributed by atoms with E-state index in [0.717, 1.165) is 10.9 Å². The summed E-state index contributed by atoms with van der Waals surface area (Å²) in [6.07, 6.45) is 0. The molecule has 1 aromatic carbocycles. The van der Waals surface area contributed by atoms with E-state index >= 15 is 0 Å². The van der Waals surface area contributed by atoms with E-state index in [1.165, 1.54) is 0 Å². The van der Waals surface area contributed by atoms with Crippen molar-refractivity contribution in [3.63, 3.8) is 0 Å². The van der Waals surface area contributed by atoms with Crippen LogP contribution in [0.25, 0.3) is 10.9 Å². The van der Waals surface area contributed by atoms with Crippen LogP contribution in [-0.2, 0) is 5.41 Å². The Morgan fingerprint density at radius 3 is 2.50 bits per heavy atom. The Bertz CT molecular complexity index is 543. The number of rotatable bonds is 0. The molecule has 0 spiro atoms. The lowest BCUT2D eigenvalue weighted by Gasteiger charge is -2.19. The smallest absolute Gasteiger partial charge is 0.138 e. The van der Waals surface area contributed by atoms with Gasteiger partial charge in [0, 0.05) is 15.8 Å². The Morgan fingerprint density at radius 1 is 1.19 bits per heavy atom. The van der Waals surface area contributed by atoms with Crippen LogP contribution >= 0.6 is 11.6 Å². The third-order valence-electron chi connectivity index (χ3n) is 2.47. The molecule has 0 fully saturated rings. The highest BCUT2D eigenvalue weighted by Crippen LogP contribution is 2.32. The van der Waals surface area contributed by atoms with Gasteiger partial charge in [-0.2, -0.15) is 0 Å². The molecule has 1 N–H and O–H groups in total. The van der Waals surface area contributed by atoms with Crippen molar-refractivity contribution < 1.29 is 5.11 Å². The van der Waals surface area contributed by atoms with Gasteiger partial charge >= 0.3 is 0 Å². The number of halogens is 1. The summed E-state index contributed by atoms with van der Waals surface area (Å²) in [5.74, 6) is 0.224. The maximum atomic E-state index is 9.93. The number of pyridine rings is 1. The maximum absolute atomic E-state index is 9.93. The van der Waals surface area contributed by atoms with Crippen molar-refractivity contribution in [2.45, 2.75) is 26.2 Å². The number of fused-ring (bicyclic) bond motifs is 1. The standard InChI is InChI=1S/C13H14ClNO/c1-13(2,3)12-11(16)7-8-6-9(14)4-5-10(8)15-12/h4-7,16H,1-3H3. The van der Waals surface area contributed by atoms with E-state index in [4.69, 9.17) is 11.6 Å². The molecule has 0 saturated heterocycles. The molecule has 2 nitrogen and oxygen atoms in total. The zero-order valence-corrected chi connectivity index (χ0v) is 10.3. The van der Waals surface area contributed by atoms with Crippen LogP contribution in [0.2, 0.25) is 5.02 Å². The minimum atomic E-state index is -0.169. The predicted octanol–water partition coefficient (Wildman–Crippen LogP) is 3.89. The summed E-state index contributed by atoms with van der Waals surface area (Å²) >= 11 is 5.89. The molecule has 1 aromatic heterocycles. The largest absolute Gasteiger partial charge is 0.506 e. The average Bonchev–Trinajstić information content (AvgIpc) is 2.14. The van der Waals surface area contributed by atoms with Crippen molar-refractivity contribution in [3.05, 3.63) is 35.0 Å². The summed E-state index contributed by atoms with van der Waals surface area (Å²) in [6.45, 7) is 6.07. The number of hydrogen-bond donors (Lipinski definition) is 1. The van der Waals surface area contributed by atoms with Gasteiger partial charge in [0.25, 0.3) is 0 Å². The molecule has 0 bridgehead atoms. The molecule has 2 aromatic rings. The molecular weight excluding hydrogens is 222 g/mol. The van der Waals surface area contributed by atoms with Gasteiger partial charge < -0.3 is 5.11 Å². The van der Waals surface area contributed by atoms with Gasteiger partial charge in [0.1, 0.15) is 5.75 Å². The summed E-state index contributed by atoms with van der Waals surface area (Å²) in [6, 6.07) is 7.19. The van der Waals surface area contributed by atoms with Crippen LogP contribution in [0, 0.1) is 0 Å². The SMILES string of the molecule is CC(C)(C)c1nc2ccc(Cl)cc2cc1O. The van der Waals surface area contributed by atoms with E-state index in [9.17, 15) is 5.11 Å². The Kier molecular flexibility index (Phi) is 2.55. The molecule has 0 unspecified atom stereocenters. The van der Waals surface area contributed by atoms with Crippen molar-refractivity contribution >= 4 is 22.5 Å². The molecule has 1 heterocycles. The Hall–Kier alpha value is -1.28. The lowest BCUT2D eigenvalue weighted by molar-refractivity contribution is 0.440. The van der Waals surface area contributed by atoms with Crippen LogP contribution in [0.3, 0.4) is 0 Å². The summed E-state index contributed by atoms with van der Waals surface area (Å²) in [5, 5.41) is 11.4. The highest BCUT2D eigenvalue weighted by molar-refractivity contribution is 6.31. The fourth-order valence-corrected chi connectivity index (χ4v) is 1.87. The summed E-state index contributed by atoms with van der Waals surface area (Å²) < 4.78 is 0. The van der Waals surface area contributed by atoms with Crippen LogP contribution in [0.1, 0.15) is 26.5 Å². The molecule has 16 heavy (non-hydrogen) atoms. The zero-order chi connectivity index (χ0) is 11.9. The Balaban J connectivity index is 2.72. The first-order valence-electron chi connectivity index (χ1n) is 5.18.